The second-order valence-electron chi connectivity index (χ2n) is 8.82. The maximum atomic E-state index is 4.93. The Morgan fingerprint density at radius 3 is 2.70 bits per heavy atom. The number of guanidine groups is 1. The van der Waals surface area contributed by atoms with Gasteiger partial charge in [0, 0.05) is 39.0 Å². The molecule has 3 rings (SSSR count). The van der Waals surface area contributed by atoms with Crippen LogP contribution in [0.25, 0.3) is 0 Å². The molecule has 0 unspecified atom stereocenters. The highest BCUT2D eigenvalue weighted by Crippen LogP contribution is 2.46. The minimum atomic E-state index is 0.445. The Bertz CT molecular complexity index is 614. The third-order valence-corrected chi connectivity index (χ3v) is 6.00. The Hall–Kier alpha value is -1.59. The lowest BCUT2D eigenvalue weighted by molar-refractivity contribution is 0.111. The number of rotatable bonds is 8. The molecule has 152 valence electrons. The maximum Gasteiger partial charge on any atom is 0.191 e. The molecule has 1 aromatic rings. The van der Waals surface area contributed by atoms with Crippen molar-refractivity contribution in [2.24, 2.45) is 16.3 Å². The molecular weight excluding hydrogens is 336 g/mol. The first-order chi connectivity index (χ1) is 13.1. The Labute approximate surface area is 164 Å². The van der Waals surface area contributed by atoms with Gasteiger partial charge in [-0.25, -0.2) is 0 Å². The van der Waals surface area contributed by atoms with Gasteiger partial charge >= 0.3 is 0 Å². The van der Waals surface area contributed by atoms with Crippen LogP contribution >= 0.6 is 0 Å². The van der Waals surface area contributed by atoms with Crippen LogP contribution in [0.15, 0.2) is 4.99 Å². The number of nitrogens with zero attached hydrogens (tertiary/aromatic N) is 4. The summed E-state index contributed by atoms with van der Waals surface area (Å²) in [6.07, 6.45) is 11.1. The van der Waals surface area contributed by atoms with Crippen molar-refractivity contribution in [1.29, 1.82) is 0 Å². The van der Waals surface area contributed by atoms with Crippen molar-refractivity contribution >= 4 is 5.96 Å². The standard InChI is InChI=1S/C21H38N6/c1-4-22-20(24-16-21(11-8-12-21)15-17(2)3)23-13-10-19-26-25-18-9-6-5-7-14-27(18)19/h17H,4-16H2,1-3H3,(H2,22,23,24). The second kappa shape index (κ2) is 9.56. The first-order valence-electron chi connectivity index (χ1n) is 11.0. The lowest BCUT2D eigenvalue weighted by Crippen LogP contribution is -2.41. The smallest absolute Gasteiger partial charge is 0.191 e. The first kappa shape index (κ1) is 20.2. The van der Waals surface area contributed by atoms with Gasteiger partial charge in [0.25, 0.3) is 0 Å². The molecule has 0 saturated heterocycles. The van der Waals surface area contributed by atoms with E-state index in [1.54, 1.807) is 0 Å². The summed E-state index contributed by atoms with van der Waals surface area (Å²) in [6.45, 7) is 10.5. The predicted molar refractivity (Wildman–Crippen MR) is 111 cm³/mol. The summed E-state index contributed by atoms with van der Waals surface area (Å²) in [6, 6.07) is 0. The van der Waals surface area contributed by atoms with E-state index in [4.69, 9.17) is 4.99 Å². The van der Waals surface area contributed by atoms with E-state index >= 15 is 0 Å². The summed E-state index contributed by atoms with van der Waals surface area (Å²) in [4.78, 5) is 4.93. The van der Waals surface area contributed by atoms with Crippen molar-refractivity contribution < 1.29 is 0 Å². The van der Waals surface area contributed by atoms with Crippen LogP contribution in [0.3, 0.4) is 0 Å². The molecule has 2 N–H and O–H groups in total. The van der Waals surface area contributed by atoms with Crippen molar-refractivity contribution in [3.63, 3.8) is 0 Å². The number of hydrogen-bond donors (Lipinski definition) is 2. The second-order valence-corrected chi connectivity index (χ2v) is 8.82. The fraction of sp³-hybridized carbons (Fsp3) is 0.857. The Kier molecular flexibility index (Phi) is 7.13. The van der Waals surface area contributed by atoms with Gasteiger partial charge in [0.05, 0.1) is 0 Å². The highest BCUT2D eigenvalue weighted by molar-refractivity contribution is 5.79. The molecule has 0 amide bonds. The summed E-state index contributed by atoms with van der Waals surface area (Å²) in [5.41, 5.74) is 0.445. The Morgan fingerprint density at radius 2 is 2.00 bits per heavy atom. The zero-order valence-electron chi connectivity index (χ0n) is 17.6. The van der Waals surface area contributed by atoms with Crippen LogP contribution in [0.5, 0.6) is 0 Å². The molecule has 2 heterocycles. The zero-order valence-corrected chi connectivity index (χ0v) is 17.6. The number of aromatic nitrogens is 3. The molecule has 1 fully saturated rings. The van der Waals surface area contributed by atoms with E-state index < -0.39 is 0 Å². The zero-order chi connectivity index (χ0) is 19.1. The van der Waals surface area contributed by atoms with E-state index in [-0.39, 0.29) is 0 Å². The fourth-order valence-corrected chi connectivity index (χ4v) is 4.58. The summed E-state index contributed by atoms with van der Waals surface area (Å²) < 4.78 is 2.34. The summed E-state index contributed by atoms with van der Waals surface area (Å²) in [5.74, 6) is 3.98. The van der Waals surface area contributed by atoms with Gasteiger partial charge < -0.3 is 15.2 Å². The minimum absolute atomic E-state index is 0.445. The van der Waals surface area contributed by atoms with Crippen LogP contribution in [0, 0.1) is 11.3 Å². The van der Waals surface area contributed by atoms with Gasteiger partial charge in [-0.3, -0.25) is 4.99 Å². The van der Waals surface area contributed by atoms with Gasteiger partial charge in [-0.05, 0) is 50.4 Å². The average molecular weight is 375 g/mol. The molecule has 1 aliphatic heterocycles. The minimum Gasteiger partial charge on any atom is -0.357 e. The van der Waals surface area contributed by atoms with Crippen molar-refractivity contribution in [3.05, 3.63) is 11.6 Å². The number of aliphatic imine (C=N–C) groups is 1. The third kappa shape index (κ3) is 5.45. The number of fused-ring (bicyclic) bond motifs is 1. The topological polar surface area (TPSA) is 67.1 Å². The van der Waals surface area contributed by atoms with E-state index in [1.807, 2.05) is 0 Å². The number of nitrogens with one attached hydrogen (secondary N) is 2. The van der Waals surface area contributed by atoms with Crippen LogP contribution in [-0.2, 0) is 19.4 Å². The molecule has 6 nitrogen and oxygen atoms in total. The van der Waals surface area contributed by atoms with Crippen LogP contribution in [0.1, 0.15) is 77.4 Å². The highest BCUT2D eigenvalue weighted by atomic mass is 15.3. The SMILES string of the molecule is CCNC(=NCC1(CC(C)C)CCC1)NCCc1nnc2n1CCCCC2. The van der Waals surface area contributed by atoms with Gasteiger partial charge in [-0.1, -0.05) is 26.7 Å². The largest absolute Gasteiger partial charge is 0.357 e. The van der Waals surface area contributed by atoms with Crippen LogP contribution in [-0.4, -0.2) is 40.4 Å². The lowest BCUT2D eigenvalue weighted by Gasteiger charge is -2.42. The molecule has 1 saturated carbocycles. The summed E-state index contributed by atoms with van der Waals surface area (Å²) in [5, 5.41) is 15.8. The van der Waals surface area contributed by atoms with Crippen molar-refractivity contribution in [2.45, 2.75) is 85.1 Å². The molecule has 1 aliphatic carbocycles. The van der Waals surface area contributed by atoms with Crippen molar-refractivity contribution in [1.82, 2.24) is 25.4 Å². The number of hydrogen-bond acceptors (Lipinski definition) is 3. The van der Waals surface area contributed by atoms with Gasteiger partial charge in [-0.2, -0.15) is 0 Å². The van der Waals surface area contributed by atoms with E-state index in [0.29, 0.717) is 5.41 Å². The Morgan fingerprint density at radius 1 is 1.15 bits per heavy atom. The van der Waals surface area contributed by atoms with Gasteiger partial charge in [-0.15, -0.1) is 10.2 Å². The van der Waals surface area contributed by atoms with Gasteiger partial charge in [0.1, 0.15) is 11.6 Å². The maximum absolute atomic E-state index is 4.93. The van der Waals surface area contributed by atoms with Crippen molar-refractivity contribution in [3.8, 4) is 0 Å². The van der Waals surface area contributed by atoms with E-state index in [0.717, 1.165) is 56.7 Å². The summed E-state index contributed by atoms with van der Waals surface area (Å²) in [7, 11) is 0. The lowest BCUT2D eigenvalue weighted by atomic mass is 9.64. The molecular formula is C21H38N6. The third-order valence-electron chi connectivity index (χ3n) is 6.00. The highest BCUT2D eigenvalue weighted by Gasteiger charge is 2.37. The van der Waals surface area contributed by atoms with E-state index in [2.05, 4.69) is 46.2 Å². The van der Waals surface area contributed by atoms with Gasteiger partial charge in [0.2, 0.25) is 0 Å². The average Bonchev–Trinajstić information content (AvgIpc) is 2.83. The molecule has 0 spiro atoms. The monoisotopic (exact) mass is 374 g/mol. The van der Waals surface area contributed by atoms with Crippen LogP contribution < -0.4 is 10.6 Å². The van der Waals surface area contributed by atoms with Crippen molar-refractivity contribution in [2.75, 3.05) is 19.6 Å². The van der Waals surface area contributed by atoms with Gasteiger partial charge in [0.15, 0.2) is 5.96 Å². The number of aryl methyl sites for hydroxylation is 1. The first-order valence-corrected chi connectivity index (χ1v) is 11.0. The molecule has 27 heavy (non-hydrogen) atoms. The predicted octanol–water partition coefficient (Wildman–Crippen LogP) is 3.32. The quantitative estimate of drug-likeness (QED) is 0.541. The molecule has 0 aromatic carbocycles. The van der Waals surface area contributed by atoms with Crippen LogP contribution in [0.4, 0.5) is 0 Å². The van der Waals surface area contributed by atoms with E-state index in [1.165, 1.54) is 50.8 Å². The molecule has 2 aliphatic rings. The molecule has 0 radical (unpaired) electrons. The fourth-order valence-electron chi connectivity index (χ4n) is 4.58. The molecule has 6 heteroatoms. The Balaban J connectivity index is 1.53. The summed E-state index contributed by atoms with van der Waals surface area (Å²) >= 11 is 0. The molecule has 0 atom stereocenters. The van der Waals surface area contributed by atoms with Crippen LogP contribution in [0.2, 0.25) is 0 Å². The molecule has 0 bridgehead atoms. The van der Waals surface area contributed by atoms with E-state index in [9.17, 15) is 0 Å². The molecule has 1 aromatic heterocycles. The normalized spacial score (nSPS) is 19.3.